The van der Waals surface area contributed by atoms with Crippen molar-refractivity contribution in [2.45, 2.75) is 0 Å². The topological polar surface area (TPSA) is 54.7 Å². The molecule has 0 unspecified atom stereocenters. The summed E-state index contributed by atoms with van der Waals surface area (Å²) >= 11 is 0. The minimum absolute atomic E-state index is 0.144. The van der Waals surface area contributed by atoms with Gasteiger partial charge in [-0.3, -0.25) is 9.88 Å². The van der Waals surface area contributed by atoms with Crippen LogP contribution in [-0.4, -0.2) is 5.91 Å². The minimum Gasteiger partial charge on any atom is -0.268 e. The third-order valence-corrected chi connectivity index (χ3v) is 1.53. The summed E-state index contributed by atoms with van der Waals surface area (Å²) in [7, 11) is 0.385. The third kappa shape index (κ3) is 2.13. The SMILES string of the molecule is [NH2+]=PNC(=O)c1ccccc1. The number of nitrogens with one attached hydrogen (secondary N) is 1. The first kappa shape index (κ1) is 7.89. The highest BCUT2D eigenvalue weighted by Crippen LogP contribution is 1.98. The van der Waals surface area contributed by atoms with Crippen LogP contribution in [-0.2, 0) is 0 Å². The molecule has 0 aliphatic carbocycles. The maximum Gasteiger partial charge on any atom is 0.339 e. The molecule has 0 heterocycles. The second-order valence-corrected chi connectivity index (χ2v) is 2.42. The molecule has 0 radical (unpaired) electrons. The lowest BCUT2D eigenvalue weighted by atomic mass is 10.2. The van der Waals surface area contributed by atoms with E-state index in [4.69, 9.17) is 5.16 Å². The molecule has 11 heavy (non-hydrogen) atoms. The van der Waals surface area contributed by atoms with Crippen molar-refractivity contribution in [3.63, 3.8) is 0 Å². The monoisotopic (exact) mass is 167 g/mol. The third-order valence-electron chi connectivity index (χ3n) is 1.20. The summed E-state index contributed by atoms with van der Waals surface area (Å²) in [4.78, 5) is 11.0. The van der Waals surface area contributed by atoms with Crippen LogP contribution in [0.4, 0.5) is 0 Å². The quantitative estimate of drug-likeness (QED) is 0.608. The van der Waals surface area contributed by atoms with E-state index in [-0.39, 0.29) is 5.91 Å². The first-order valence-electron chi connectivity index (χ1n) is 3.10. The van der Waals surface area contributed by atoms with E-state index in [1.54, 1.807) is 12.1 Å². The number of hydrogen-bond donors (Lipinski definition) is 2. The van der Waals surface area contributed by atoms with E-state index in [0.29, 0.717) is 14.1 Å². The average Bonchev–Trinajstić information content (AvgIpc) is 2.07. The summed E-state index contributed by atoms with van der Waals surface area (Å²) in [6.07, 6.45) is 0. The number of hydrogen-bond acceptors (Lipinski definition) is 1. The molecular formula is C7H8N2OP+. The molecular weight excluding hydrogens is 159 g/mol. The van der Waals surface area contributed by atoms with Crippen molar-refractivity contribution in [3.8, 4) is 0 Å². The van der Waals surface area contributed by atoms with E-state index in [1.807, 2.05) is 18.2 Å². The molecule has 3 nitrogen and oxygen atoms in total. The molecule has 1 aromatic rings. The summed E-state index contributed by atoms with van der Waals surface area (Å²) in [5.41, 5.74) is 0.630. The van der Waals surface area contributed by atoms with E-state index in [9.17, 15) is 4.79 Å². The molecule has 0 spiro atoms. The lowest BCUT2D eigenvalue weighted by Gasteiger charge is -1.93. The van der Waals surface area contributed by atoms with Gasteiger partial charge >= 0.3 is 8.52 Å². The van der Waals surface area contributed by atoms with Crippen molar-refractivity contribution in [3.05, 3.63) is 35.9 Å². The summed E-state index contributed by atoms with van der Waals surface area (Å²) in [6.45, 7) is 0. The van der Waals surface area contributed by atoms with Gasteiger partial charge in [0.15, 0.2) is 0 Å². The Morgan fingerprint density at radius 2 is 2.00 bits per heavy atom. The highest BCUT2D eigenvalue weighted by atomic mass is 31.1. The van der Waals surface area contributed by atoms with Crippen molar-refractivity contribution in [2.24, 2.45) is 0 Å². The van der Waals surface area contributed by atoms with E-state index in [1.165, 1.54) is 0 Å². The van der Waals surface area contributed by atoms with Crippen LogP contribution in [0.5, 0.6) is 0 Å². The van der Waals surface area contributed by atoms with Gasteiger partial charge in [0.1, 0.15) is 0 Å². The lowest BCUT2D eigenvalue weighted by Crippen LogP contribution is -2.25. The smallest absolute Gasteiger partial charge is 0.268 e. The van der Waals surface area contributed by atoms with Crippen molar-refractivity contribution < 1.29 is 9.96 Å². The first-order valence-corrected chi connectivity index (χ1v) is 4.06. The second kappa shape index (κ2) is 3.84. The number of carbonyl (C=O) groups excluding carboxylic acids is 1. The Morgan fingerprint density at radius 3 is 2.55 bits per heavy atom. The molecule has 0 saturated carbocycles. The summed E-state index contributed by atoms with van der Waals surface area (Å²) in [5.74, 6) is -0.144. The van der Waals surface area contributed by atoms with Gasteiger partial charge in [-0.2, -0.15) is 0 Å². The van der Waals surface area contributed by atoms with Gasteiger partial charge in [0.05, 0.1) is 0 Å². The Kier molecular flexibility index (Phi) is 2.75. The Morgan fingerprint density at radius 1 is 1.36 bits per heavy atom. The molecule has 0 atom stereocenters. The fraction of sp³-hybridized carbons (Fsp3) is 0. The summed E-state index contributed by atoms with van der Waals surface area (Å²) < 4.78 is 0. The van der Waals surface area contributed by atoms with Crippen LogP contribution >= 0.6 is 8.52 Å². The molecule has 0 fully saturated rings. The van der Waals surface area contributed by atoms with Crippen LogP contribution in [0.3, 0.4) is 0 Å². The minimum atomic E-state index is -0.144. The molecule has 1 aromatic carbocycles. The highest BCUT2D eigenvalue weighted by molar-refractivity contribution is 7.21. The Bertz CT molecular complexity index is 260. The molecule has 0 saturated heterocycles. The maximum absolute atomic E-state index is 11.0. The van der Waals surface area contributed by atoms with Crippen LogP contribution in [0.15, 0.2) is 30.3 Å². The normalized spacial score (nSPS) is 9.45. The van der Waals surface area contributed by atoms with Gasteiger partial charge in [0, 0.05) is 5.56 Å². The fourth-order valence-corrected chi connectivity index (χ4v) is 0.959. The van der Waals surface area contributed by atoms with Crippen molar-refractivity contribution in [2.75, 3.05) is 0 Å². The Balaban J connectivity index is 2.77. The number of rotatable bonds is 2. The zero-order chi connectivity index (χ0) is 8.10. The molecule has 4 heteroatoms. The zero-order valence-corrected chi connectivity index (χ0v) is 6.71. The van der Waals surface area contributed by atoms with Gasteiger partial charge in [0.2, 0.25) is 0 Å². The van der Waals surface area contributed by atoms with Gasteiger partial charge < -0.3 is 0 Å². The predicted octanol–water partition coefficient (Wildman–Crippen LogP) is 0.220. The Hall–Kier alpha value is -1.21. The lowest BCUT2D eigenvalue weighted by molar-refractivity contribution is -0.0770. The fourth-order valence-electron chi connectivity index (χ4n) is 0.713. The predicted molar refractivity (Wildman–Crippen MR) is 42.8 cm³/mol. The largest absolute Gasteiger partial charge is 0.339 e. The Labute approximate surface area is 66.2 Å². The molecule has 1 amide bonds. The van der Waals surface area contributed by atoms with E-state index < -0.39 is 0 Å². The zero-order valence-electron chi connectivity index (χ0n) is 5.82. The number of benzene rings is 1. The number of carbonyl (C=O) groups is 1. The van der Waals surface area contributed by atoms with Crippen LogP contribution in [0.25, 0.3) is 0 Å². The molecule has 0 bridgehead atoms. The van der Waals surface area contributed by atoms with Crippen LogP contribution < -0.4 is 10.2 Å². The molecule has 0 aliphatic rings. The summed E-state index contributed by atoms with van der Waals surface area (Å²) in [6, 6.07) is 8.95. The molecule has 0 aliphatic heterocycles. The van der Waals surface area contributed by atoms with Crippen molar-refractivity contribution >= 4 is 14.4 Å². The van der Waals surface area contributed by atoms with Crippen LogP contribution in [0.1, 0.15) is 10.4 Å². The van der Waals surface area contributed by atoms with Crippen molar-refractivity contribution in [1.82, 2.24) is 5.09 Å². The van der Waals surface area contributed by atoms with Crippen LogP contribution in [0, 0.1) is 0 Å². The van der Waals surface area contributed by atoms with Gasteiger partial charge in [0.25, 0.3) is 5.91 Å². The maximum atomic E-state index is 11.0. The number of nitrogens with two attached hydrogens (primary N) is 1. The van der Waals surface area contributed by atoms with E-state index in [2.05, 4.69) is 5.09 Å². The molecule has 3 N–H and O–H groups in total. The second-order valence-electron chi connectivity index (χ2n) is 1.94. The highest BCUT2D eigenvalue weighted by Gasteiger charge is 2.01. The van der Waals surface area contributed by atoms with Gasteiger partial charge in [-0.15, -0.1) is 0 Å². The van der Waals surface area contributed by atoms with E-state index >= 15 is 0 Å². The molecule has 0 aromatic heterocycles. The van der Waals surface area contributed by atoms with Crippen LogP contribution in [0.2, 0.25) is 0 Å². The standard InChI is InChI=1S/C7H7N2OP/c8-11-9-7(10)6-4-2-1-3-5-6/h1-5H,(H2,8,9,10)/p+1. The van der Waals surface area contributed by atoms with Gasteiger partial charge in [-0.05, 0) is 12.1 Å². The van der Waals surface area contributed by atoms with Gasteiger partial charge in [-0.1, -0.05) is 18.2 Å². The first-order chi connectivity index (χ1) is 5.34. The summed E-state index contributed by atoms with van der Waals surface area (Å²) in [5, 5.41) is 7.58. The van der Waals surface area contributed by atoms with Gasteiger partial charge in [-0.25, -0.2) is 5.16 Å². The van der Waals surface area contributed by atoms with Crippen molar-refractivity contribution in [1.29, 1.82) is 0 Å². The molecule has 1 rings (SSSR count). The van der Waals surface area contributed by atoms with E-state index in [0.717, 1.165) is 0 Å². The average molecular weight is 167 g/mol. The number of amides is 1. The molecule has 56 valence electrons.